The van der Waals surface area contributed by atoms with Crippen molar-refractivity contribution in [3.05, 3.63) is 41.5 Å². The Bertz CT molecular complexity index is 840. The first kappa shape index (κ1) is 15.7. The number of aromatic amines is 1. The summed E-state index contributed by atoms with van der Waals surface area (Å²) in [7, 11) is -3.36. The van der Waals surface area contributed by atoms with Gasteiger partial charge in [0.2, 0.25) is 0 Å². The van der Waals surface area contributed by atoms with E-state index in [1.165, 1.54) is 18.5 Å². The average Bonchev–Trinajstić information content (AvgIpc) is 2.96. The minimum Gasteiger partial charge on any atom is -0.339 e. The summed E-state index contributed by atoms with van der Waals surface area (Å²) in [5.74, 6) is 0.332. The summed E-state index contributed by atoms with van der Waals surface area (Å²) in [6, 6.07) is 4.58. The topological polar surface area (TPSA) is 105 Å². The predicted octanol–water partition coefficient (Wildman–Crippen LogP) is 1.33. The van der Waals surface area contributed by atoms with Gasteiger partial charge < -0.3 is 5.32 Å². The molecule has 2 N–H and O–H groups in total. The lowest BCUT2D eigenvalue weighted by atomic mass is 9.76. The van der Waals surface area contributed by atoms with Gasteiger partial charge in [0.1, 0.15) is 12.2 Å². The summed E-state index contributed by atoms with van der Waals surface area (Å²) < 4.78 is 23.4. The van der Waals surface area contributed by atoms with Crippen molar-refractivity contribution in [2.24, 2.45) is 0 Å². The summed E-state index contributed by atoms with van der Waals surface area (Å²) in [6.07, 6.45) is 5.08. The maximum Gasteiger partial charge on any atom is 0.252 e. The van der Waals surface area contributed by atoms with E-state index >= 15 is 0 Å². The molecule has 23 heavy (non-hydrogen) atoms. The molecule has 1 amide bonds. The number of carbonyl (C=O) groups is 1. The fraction of sp³-hybridized carbons (Fsp3) is 0.400. The van der Waals surface area contributed by atoms with E-state index in [-0.39, 0.29) is 10.8 Å². The molecule has 0 aliphatic heterocycles. The maximum absolute atomic E-state index is 12.7. The number of carbonyl (C=O) groups excluding carboxylic acids is 1. The zero-order chi connectivity index (χ0) is 16.7. The summed E-state index contributed by atoms with van der Waals surface area (Å²) >= 11 is 0. The SMILES string of the molecule is Cc1ccc(S(C)(=O)=O)cc1C(=O)NC1(c2ncn[nH]2)CCC1. The number of sulfone groups is 1. The highest BCUT2D eigenvalue weighted by molar-refractivity contribution is 7.90. The second kappa shape index (κ2) is 5.45. The molecule has 1 saturated carbocycles. The molecular formula is C15H18N4O3S. The molecule has 0 spiro atoms. The Balaban J connectivity index is 1.92. The first-order valence-electron chi connectivity index (χ1n) is 7.31. The van der Waals surface area contributed by atoms with Gasteiger partial charge in [-0.1, -0.05) is 6.07 Å². The van der Waals surface area contributed by atoms with Crippen LogP contribution < -0.4 is 5.32 Å². The number of rotatable bonds is 4. The van der Waals surface area contributed by atoms with E-state index < -0.39 is 15.4 Å². The van der Waals surface area contributed by atoms with Crippen LogP contribution in [-0.4, -0.2) is 35.8 Å². The Morgan fingerprint density at radius 1 is 1.35 bits per heavy atom. The predicted molar refractivity (Wildman–Crippen MR) is 83.7 cm³/mol. The fourth-order valence-corrected chi connectivity index (χ4v) is 3.40. The lowest BCUT2D eigenvalue weighted by Gasteiger charge is -2.40. The molecule has 1 aliphatic carbocycles. The minimum atomic E-state index is -3.36. The van der Waals surface area contributed by atoms with Crippen LogP contribution in [0.5, 0.6) is 0 Å². The van der Waals surface area contributed by atoms with Gasteiger partial charge in [0, 0.05) is 11.8 Å². The molecule has 1 aromatic carbocycles. The number of H-pyrrole nitrogens is 1. The van der Waals surface area contributed by atoms with Crippen molar-refractivity contribution in [1.82, 2.24) is 20.5 Å². The molecule has 122 valence electrons. The summed E-state index contributed by atoms with van der Waals surface area (Å²) in [4.78, 5) is 17.0. The Morgan fingerprint density at radius 3 is 2.61 bits per heavy atom. The van der Waals surface area contributed by atoms with Crippen molar-refractivity contribution in [1.29, 1.82) is 0 Å². The molecular weight excluding hydrogens is 316 g/mol. The van der Waals surface area contributed by atoms with E-state index in [1.807, 2.05) is 0 Å². The van der Waals surface area contributed by atoms with Crippen LogP contribution in [0, 0.1) is 6.92 Å². The standard InChI is InChI=1S/C15H18N4O3S/c1-10-4-5-11(23(2,21)22)8-12(10)13(20)18-15(6-3-7-15)14-16-9-17-19-14/h4-5,8-9H,3,6-7H2,1-2H3,(H,18,20)(H,16,17,19). The van der Waals surface area contributed by atoms with E-state index in [0.717, 1.165) is 31.1 Å². The zero-order valence-electron chi connectivity index (χ0n) is 13.0. The number of nitrogens with zero attached hydrogens (tertiary/aromatic N) is 2. The van der Waals surface area contributed by atoms with Gasteiger partial charge in [0.05, 0.1) is 10.4 Å². The van der Waals surface area contributed by atoms with Gasteiger partial charge in [-0.2, -0.15) is 5.10 Å². The van der Waals surface area contributed by atoms with Gasteiger partial charge in [-0.3, -0.25) is 9.89 Å². The molecule has 2 aromatic rings. The van der Waals surface area contributed by atoms with Crippen molar-refractivity contribution in [3.63, 3.8) is 0 Å². The maximum atomic E-state index is 12.7. The second-order valence-electron chi connectivity index (χ2n) is 5.97. The highest BCUT2D eigenvalue weighted by Crippen LogP contribution is 2.39. The number of nitrogens with one attached hydrogen (secondary N) is 2. The van der Waals surface area contributed by atoms with E-state index in [1.54, 1.807) is 13.0 Å². The summed E-state index contributed by atoms with van der Waals surface area (Å²) in [5.41, 5.74) is 0.543. The van der Waals surface area contributed by atoms with E-state index in [0.29, 0.717) is 11.4 Å². The normalized spacial score (nSPS) is 16.6. The molecule has 1 aromatic heterocycles. The fourth-order valence-electron chi connectivity index (χ4n) is 2.75. The Labute approximate surface area is 134 Å². The van der Waals surface area contributed by atoms with Crippen molar-refractivity contribution in [2.75, 3.05) is 6.26 Å². The van der Waals surface area contributed by atoms with Gasteiger partial charge >= 0.3 is 0 Å². The largest absolute Gasteiger partial charge is 0.339 e. The molecule has 3 rings (SSSR count). The first-order valence-corrected chi connectivity index (χ1v) is 9.20. The van der Waals surface area contributed by atoms with Gasteiger partial charge in [-0.15, -0.1) is 0 Å². The van der Waals surface area contributed by atoms with Gasteiger partial charge in [-0.05, 0) is 43.9 Å². The number of aromatic nitrogens is 3. The third-order valence-corrected chi connectivity index (χ3v) is 5.42. The van der Waals surface area contributed by atoms with E-state index in [9.17, 15) is 13.2 Å². The molecule has 0 unspecified atom stereocenters. The number of benzene rings is 1. The Morgan fingerprint density at radius 2 is 2.09 bits per heavy atom. The number of hydrogen-bond donors (Lipinski definition) is 2. The highest BCUT2D eigenvalue weighted by Gasteiger charge is 2.43. The third kappa shape index (κ3) is 2.86. The smallest absolute Gasteiger partial charge is 0.252 e. The monoisotopic (exact) mass is 334 g/mol. The molecule has 8 heteroatoms. The van der Waals surface area contributed by atoms with Crippen molar-refractivity contribution < 1.29 is 13.2 Å². The summed E-state index contributed by atoms with van der Waals surface area (Å²) in [5, 5.41) is 9.66. The van der Waals surface area contributed by atoms with Crippen LogP contribution >= 0.6 is 0 Å². The van der Waals surface area contributed by atoms with E-state index in [2.05, 4.69) is 20.5 Å². The molecule has 0 radical (unpaired) electrons. The lowest BCUT2D eigenvalue weighted by molar-refractivity contribution is 0.0809. The van der Waals surface area contributed by atoms with Crippen LogP contribution in [0.1, 0.15) is 41.0 Å². The first-order chi connectivity index (χ1) is 10.8. The van der Waals surface area contributed by atoms with Crippen LogP contribution in [0.2, 0.25) is 0 Å². The van der Waals surface area contributed by atoms with Crippen LogP contribution in [0.15, 0.2) is 29.4 Å². The van der Waals surface area contributed by atoms with Gasteiger partial charge in [0.25, 0.3) is 5.91 Å². The zero-order valence-corrected chi connectivity index (χ0v) is 13.8. The average molecular weight is 334 g/mol. The number of amides is 1. The highest BCUT2D eigenvalue weighted by atomic mass is 32.2. The van der Waals surface area contributed by atoms with Crippen molar-refractivity contribution in [2.45, 2.75) is 36.6 Å². The third-order valence-electron chi connectivity index (χ3n) is 4.31. The van der Waals surface area contributed by atoms with Crippen LogP contribution in [-0.2, 0) is 15.4 Å². The molecule has 1 fully saturated rings. The molecule has 0 bridgehead atoms. The Kier molecular flexibility index (Phi) is 3.71. The van der Waals surface area contributed by atoms with Gasteiger partial charge in [0.15, 0.2) is 9.84 Å². The van der Waals surface area contributed by atoms with Crippen molar-refractivity contribution in [3.8, 4) is 0 Å². The van der Waals surface area contributed by atoms with Crippen LogP contribution in [0.25, 0.3) is 0 Å². The molecule has 0 atom stereocenters. The molecule has 1 heterocycles. The molecule has 0 saturated heterocycles. The number of hydrogen-bond acceptors (Lipinski definition) is 5. The van der Waals surface area contributed by atoms with E-state index in [4.69, 9.17) is 0 Å². The summed E-state index contributed by atoms with van der Waals surface area (Å²) in [6.45, 7) is 1.78. The minimum absolute atomic E-state index is 0.135. The van der Waals surface area contributed by atoms with Crippen LogP contribution in [0.3, 0.4) is 0 Å². The lowest BCUT2D eigenvalue weighted by Crippen LogP contribution is -2.51. The number of aryl methyl sites for hydroxylation is 1. The molecule has 7 nitrogen and oxygen atoms in total. The van der Waals surface area contributed by atoms with Gasteiger partial charge in [-0.25, -0.2) is 13.4 Å². The quantitative estimate of drug-likeness (QED) is 0.877. The molecule has 1 aliphatic rings. The van der Waals surface area contributed by atoms with Crippen molar-refractivity contribution >= 4 is 15.7 Å². The Hall–Kier alpha value is -2.22. The second-order valence-corrected chi connectivity index (χ2v) is 7.99. The van der Waals surface area contributed by atoms with Crippen LogP contribution in [0.4, 0.5) is 0 Å².